The minimum Gasteiger partial charge on any atom is -0.396 e. The van der Waals surface area contributed by atoms with Crippen LogP contribution in [0.4, 0.5) is 0 Å². The van der Waals surface area contributed by atoms with Gasteiger partial charge in [-0.15, -0.1) is 0 Å². The van der Waals surface area contributed by atoms with Gasteiger partial charge in [-0.2, -0.15) is 0 Å². The third kappa shape index (κ3) is 5.75. The summed E-state index contributed by atoms with van der Waals surface area (Å²) in [5.74, 6) is 1.96. The molecule has 182 valence electrons. The zero-order chi connectivity index (χ0) is 23.5. The molecule has 32 heavy (non-hydrogen) atoms. The molecule has 3 saturated carbocycles. The highest BCUT2D eigenvalue weighted by Gasteiger charge is 2.50. The molecule has 0 amide bonds. The van der Waals surface area contributed by atoms with Crippen LogP contribution in [0.2, 0.25) is 0 Å². The predicted molar refractivity (Wildman–Crippen MR) is 130 cm³/mol. The second kappa shape index (κ2) is 10.5. The van der Waals surface area contributed by atoms with Crippen LogP contribution in [-0.4, -0.2) is 44.8 Å². The second-order valence-corrected chi connectivity index (χ2v) is 11.5. The van der Waals surface area contributed by atoms with Gasteiger partial charge in [0.2, 0.25) is 0 Å². The molecule has 4 N–H and O–H groups in total. The maximum absolute atomic E-state index is 10.4. The standard InChI is InChI=1S/C28H46O4/c1-19(7-5-13-27(3,32)15-16-29)24-11-12-25-21(8-6-14-28(24,25)4)9-10-22-17-23(30)18-26(31)20(22)2/h9-10,19,23-26,29-32H,2,5-8,11-18H2,1,3-4H3/t19-,23-,24-,25?,26?,27?,28-/m1/s1. The van der Waals surface area contributed by atoms with Gasteiger partial charge in [-0.1, -0.05) is 51.0 Å². The Morgan fingerprint density at radius 2 is 1.97 bits per heavy atom. The number of aliphatic hydroxyl groups excluding tert-OH is 3. The Bertz CT molecular complexity index is 721. The Morgan fingerprint density at radius 3 is 2.69 bits per heavy atom. The summed E-state index contributed by atoms with van der Waals surface area (Å²) in [4.78, 5) is 0. The lowest BCUT2D eigenvalue weighted by molar-refractivity contribution is 0.0200. The third-order valence-electron chi connectivity index (χ3n) is 9.01. The number of fused-ring (bicyclic) bond motifs is 1. The normalized spacial score (nSPS) is 38.7. The van der Waals surface area contributed by atoms with Gasteiger partial charge in [-0.25, -0.2) is 0 Å². The summed E-state index contributed by atoms with van der Waals surface area (Å²) in [6.07, 6.45) is 13.8. The van der Waals surface area contributed by atoms with E-state index < -0.39 is 17.8 Å². The summed E-state index contributed by atoms with van der Waals surface area (Å²) in [6.45, 7) is 10.8. The number of rotatable bonds is 8. The highest BCUT2D eigenvalue weighted by molar-refractivity contribution is 5.38. The van der Waals surface area contributed by atoms with E-state index in [4.69, 9.17) is 5.11 Å². The van der Waals surface area contributed by atoms with Gasteiger partial charge in [0.05, 0.1) is 17.8 Å². The van der Waals surface area contributed by atoms with Crippen LogP contribution in [0.25, 0.3) is 0 Å². The van der Waals surface area contributed by atoms with Crippen molar-refractivity contribution in [2.75, 3.05) is 6.61 Å². The molecular weight excluding hydrogens is 400 g/mol. The first-order chi connectivity index (χ1) is 15.1. The van der Waals surface area contributed by atoms with E-state index in [-0.39, 0.29) is 6.61 Å². The van der Waals surface area contributed by atoms with E-state index in [1.165, 1.54) is 31.3 Å². The van der Waals surface area contributed by atoms with Gasteiger partial charge in [0, 0.05) is 13.0 Å². The van der Waals surface area contributed by atoms with E-state index in [1.54, 1.807) is 0 Å². The molecule has 3 fully saturated rings. The summed E-state index contributed by atoms with van der Waals surface area (Å²) < 4.78 is 0. The molecule has 4 heteroatoms. The Labute approximate surface area is 195 Å². The molecule has 3 aliphatic carbocycles. The Morgan fingerprint density at radius 1 is 1.22 bits per heavy atom. The van der Waals surface area contributed by atoms with Crippen LogP contribution in [0.15, 0.2) is 35.5 Å². The molecule has 0 radical (unpaired) electrons. The largest absolute Gasteiger partial charge is 0.396 e. The highest BCUT2D eigenvalue weighted by Crippen LogP contribution is 2.60. The molecule has 0 aromatic carbocycles. The number of allylic oxidation sites excluding steroid dienone is 3. The maximum Gasteiger partial charge on any atom is 0.0811 e. The van der Waals surface area contributed by atoms with Gasteiger partial charge in [0.25, 0.3) is 0 Å². The molecule has 7 atom stereocenters. The second-order valence-electron chi connectivity index (χ2n) is 11.5. The number of hydrogen-bond acceptors (Lipinski definition) is 4. The van der Waals surface area contributed by atoms with Crippen molar-refractivity contribution in [3.8, 4) is 0 Å². The third-order valence-corrected chi connectivity index (χ3v) is 9.01. The molecule has 0 bridgehead atoms. The fourth-order valence-electron chi connectivity index (χ4n) is 7.05. The summed E-state index contributed by atoms with van der Waals surface area (Å²) >= 11 is 0. The van der Waals surface area contributed by atoms with Crippen LogP contribution in [0, 0.1) is 23.2 Å². The minimum atomic E-state index is -0.755. The van der Waals surface area contributed by atoms with Crippen molar-refractivity contribution in [3.63, 3.8) is 0 Å². The lowest BCUT2D eigenvalue weighted by Gasteiger charge is -2.44. The van der Waals surface area contributed by atoms with Gasteiger partial charge in [0.15, 0.2) is 0 Å². The van der Waals surface area contributed by atoms with Crippen molar-refractivity contribution >= 4 is 0 Å². The van der Waals surface area contributed by atoms with E-state index in [2.05, 4.69) is 32.6 Å². The van der Waals surface area contributed by atoms with Crippen molar-refractivity contribution in [2.24, 2.45) is 23.2 Å². The van der Waals surface area contributed by atoms with Crippen molar-refractivity contribution < 1.29 is 20.4 Å². The van der Waals surface area contributed by atoms with Gasteiger partial charge in [-0.3, -0.25) is 0 Å². The SMILES string of the molecule is C=C1C(=CC=C2CCC[C@@]3(C)C2CC[C@@H]3[C@H](C)CCCC(C)(O)CCO)C[C@@H](O)CC1O. The highest BCUT2D eigenvalue weighted by atomic mass is 16.3. The fourth-order valence-corrected chi connectivity index (χ4v) is 7.05. The molecule has 0 aromatic rings. The number of aliphatic hydroxyl groups is 4. The zero-order valence-corrected chi connectivity index (χ0v) is 20.5. The van der Waals surface area contributed by atoms with Crippen LogP contribution < -0.4 is 0 Å². The van der Waals surface area contributed by atoms with Crippen LogP contribution in [-0.2, 0) is 0 Å². The van der Waals surface area contributed by atoms with Crippen LogP contribution >= 0.6 is 0 Å². The van der Waals surface area contributed by atoms with E-state index in [9.17, 15) is 15.3 Å². The van der Waals surface area contributed by atoms with Crippen molar-refractivity contribution in [1.29, 1.82) is 0 Å². The fraction of sp³-hybridized carbons (Fsp3) is 0.786. The molecule has 3 rings (SSSR count). The van der Waals surface area contributed by atoms with Crippen LogP contribution in [0.1, 0.15) is 91.4 Å². The lowest BCUT2D eigenvalue weighted by atomic mass is 9.60. The summed E-state index contributed by atoms with van der Waals surface area (Å²) in [5, 5.41) is 39.7. The van der Waals surface area contributed by atoms with E-state index in [1.807, 2.05) is 6.92 Å². The molecule has 0 saturated heterocycles. The van der Waals surface area contributed by atoms with E-state index in [0.29, 0.717) is 42.4 Å². The monoisotopic (exact) mass is 446 g/mol. The Kier molecular flexibility index (Phi) is 8.46. The maximum atomic E-state index is 10.4. The smallest absolute Gasteiger partial charge is 0.0811 e. The zero-order valence-electron chi connectivity index (χ0n) is 20.5. The lowest BCUT2D eigenvalue weighted by Crippen LogP contribution is -2.36. The van der Waals surface area contributed by atoms with Gasteiger partial charge in [-0.05, 0) is 92.6 Å². The summed E-state index contributed by atoms with van der Waals surface area (Å²) in [7, 11) is 0. The number of hydrogen-bond donors (Lipinski definition) is 4. The molecule has 0 aromatic heterocycles. The van der Waals surface area contributed by atoms with E-state index in [0.717, 1.165) is 36.8 Å². The predicted octanol–water partition coefficient (Wildman–Crippen LogP) is 5.07. The molecule has 0 heterocycles. The topological polar surface area (TPSA) is 80.9 Å². The first-order valence-corrected chi connectivity index (χ1v) is 12.9. The van der Waals surface area contributed by atoms with Gasteiger partial charge >= 0.3 is 0 Å². The summed E-state index contributed by atoms with van der Waals surface area (Å²) in [5.41, 5.74) is 2.87. The van der Waals surface area contributed by atoms with Gasteiger partial charge in [0.1, 0.15) is 0 Å². The summed E-state index contributed by atoms with van der Waals surface area (Å²) in [6, 6.07) is 0. The average molecular weight is 447 g/mol. The molecular formula is C28H46O4. The first-order valence-electron chi connectivity index (χ1n) is 12.9. The average Bonchev–Trinajstić information content (AvgIpc) is 3.07. The molecule has 3 unspecified atom stereocenters. The molecule has 3 aliphatic rings. The Hall–Kier alpha value is -0.940. The minimum absolute atomic E-state index is 0.0431. The van der Waals surface area contributed by atoms with Crippen molar-refractivity contribution in [1.82, 2.24) is 0 Å². The van der Waals surface area contributed by atoms with Crippen LogP contribution in [0.3, 0.4) is 0 Å². The Balaban J connectivity index is 1.66. The quantitative estimate of drug-likeness (QED) is 0.420. The molecule has 0 spiro atoms. The van der Waals surface area contributed by atoms with Crippen LogP contribution in [0.5, 0.6) is 0 Å². The van der Waals surface area contributed by atoms with Crippen molar-refractivity contribution in [2.45, 2.75) is 109 Å². The molecule has 4 nitrogen and oxygen atoms in total. The van der Waals surface area contributed by atoms with Crippen molar-refractivity contribution in [3.05, 3.63) is 35.5 Å². The first kappa shape index (κ1) is 25.7. The van der Waals surface area contributed by atoms with Gasteiger partial charge < -0.3 is 20.4 Å². The van der Waals surface area contributed by atoms with E-state index >= 15 is 0 Å². The molecule has 0 aliphatic heterocycles.